The van der Waals surface area contributed by atoms with Crippen molar-refractivity contribution in [3.63, 3.8) is 0 Å². The standard InChI is InChI=1S/C4H8N2OS2/c1-3(7)5-6-4(8)9-2/h1-2H3,(H,5,7)(H,6,8). The van der Waals surface area contributed by atoms with Crippen LogP contribution in [0.3, 0.4) is 0 Å². The van der Waals surface area contributed by atoms with Gasteiger partial charge in [-0.15, -0.1) is 0 Å². The molecule has 0 atom stereocenters. The number of nitrogens with one attached hydrogen (secondary N) is 2. The van der Waals surface area contributed by atoms with Gasteiger partial charge in [-0.3, -0.25) is 15.6 Å². The number of hydrogen-bond donors (Lipinski definition) is 2. The fourth-order valence-corrected chi connectivity index (χ4v) is 0.394. The summed E-state index contributed by atoms with van der Waals surface area (Å²) < 4.78 is 0.560. The molecule has 5 heteroatoms. The van der Waals surface area contributed by atoms with Crippen molar-refractivity contribution in [3.05, 3.63) is 0 Å². The zero-order valence-corrected chi connectivity index (χ0v) is 6.86. The normalized spacial score (nSPS) is 8.22. The van der Waals surface area contributed by atoms with Gasteiger partial charge < -0.3 is 0 Å². The van der Waals surface area contributed by atoms with Crippen molar-refractivity contribution in [2.75, 3.05) is 6.26 Å². The van der Waals surface area contributed by atoms with E-state index in [0.29, 0.717) is 4.32 Å². The van der Waals surface area contributed by atoms with Crippen LogP contribution in [-0.4, -0.2) is 16.5 Å². The van der Waals surface area contributed by atoms with Crippen LogP contribution in [0.5, 0.6) is 0 Å². The van der Waals surface area contributed by atoms with E-state index in [2.05, 4.69) is 10.9 Å². The van der Waals surface area contributed by atoms with Crippen LogP contribution in [0.15, 0.2) is 0 Å². The Balaban J connectivity index is 3.28. The zero-order chi connectivity index (χ0) is 7.28. The molecule has 0 aliphatic rings. The average molecular weight is 164 g/mol. The minimum atomic E-state index is -0.147. The minimum Gasteiger partial charge on any atom is -0.283 e. The molecule has 0 aromatic carbocycles. The first-order valence-electron chi connectivity index (χ1n) is 2.27. The number of carbonyl (C=O) groups is 1. The van der Waals surface area contributed by atoms with Crippen molar-refractivity contribution in [1.82, 2.24) is 10.9 Å². The highest BCUT2D eigenvalue weighted by atomic mass is 32.2. The summed E-state index contributed by atoms with van der Waals surface area (Å²) in [7, 11) is 0. The Hall–Kier alpha value is -0.290. The third-order valence-electron chi connectivity index (χ3n) is 0.526. The maximum Gasteiger partial charge on any atom is 0.235 e. The molecular formula is C4H8N2OS2. The summed E-state index contributed by atoms with van der Waals surface area (Å²) in [4.78, 5) is 10.2. The molecule has 0 radical (unpaired) electrons. The van der Waals surface area contributed by atoms with Crippen LogP contribution in [0.2, 0.25) is 0 Å². The largest absolute Gasteiger partial charge is 0.283 e. The van der Waals surface area contributed by atoms with Crippen molar-refractivity contribution in [2.45, 2.75) is 6.92 Å². The second-order valence-corrected chi connectivity index (χ2v) is 2.78. The van der Waals surface area contributed by atoms with E-state index >= 15 is 0 Å². The van der Waals surface area contributed by atoms with Gasteiger partial charge in [0.15, 0.2) is 4.32 Å². The van der Waals surface area contributed by atoms with Crippen molar-refractivity contribution < 1.29 is 4.79 Å². The van der Waals surface area contributed by atoms with E-state index < -0.39 is 0 Å². The van der Waals surface area contributed by atoms with Gasteiger partial charge in [-0.2, -0.15) is 0 Å². The summed E-state index contributed by atoms with van der Waals surface area (Å²) in [6.07, 6.45) is 1.83. The molecule has 0 spiro atoms. The van der Waals surface area contributed by atoms with Crippen LogP contribution in [0.1, 0.15) is 6.92 Å². The average Bonchev–Trinajstić information content (AvgIpc) is 1.83. The summed E-state index contributed by atoms with van der Waals surface area (Å²) in [6.45, 7) is 1.41. The summed E-state index contributed by atoms with van der Waals surface area (Å²) in [5.74, 6) is -0.147. The zero-order valence-electron chi connectivity index (χ0n) is 5.22. The first kappa shape index (κ1) is 8.71. The van der Waals surface area contributed by atoms with Crippen molar-refractivity contribution in [1.29, 1.82) is 0 Å². The molecule has 0 saturated heterocycles. The number of amides is 1. The minimum absolute atomic E-state index is 0.147. The molecule has 0 heterocycles. The molecule has 1 amide bonds. The summed E-state index contributed by atoms with van der Waals surface area (Å²) >= 11 is 6.08. The quantitative estimate of drug-likeness (QED) is 0.398. The topological polar surface area (TPSA) is 41.1 Å². The van der Waals surface area contributed by atoms with Gasteiger partial charge in [-0.1, -0.05) is 24.0 Å². The van der Waals surface area contributed by atoms with E-state index in [1.165, 1.54) is 18.7 Å². The van der Waals surface area contributed by atoms with Crippen molar-refractivity contribution in [3.8, 4) is 0 Å². The Morgan fingerprint density at radius 3 is 2.44 bits per heavy atom. The van der Waals surface area contributed by atoms with Crippen LogP contribution in [-0.2, 0) is 4.79 Å². The van der Waals surface area contributed by atoms with E-state index in [1.54, 1.807) is 0 Å². The first-order valence-corrected chi connectivity index (χ1v) is 3.90. The number of hydrazine groups is 1. The molecule has 0 aliphatic heterocycles. The highest BCUT2D eigenvalue weighted by Gasteiger charge is 1.90. The Morgan fingerprint density at radius 2 is 2.11 bits per heavy atom. The van der Waals surface area contributed by atoms with Crippen molar-refractivity contribution in [2.24, 2.45) is 0 Å². The van der Waals surface area contributed by atoms with E-state index in [4.69, 9.17) is 12.2 Å². The summed E-state index contributed by atoms with van der Waals surface area (Å²) in [5.41, 5.74) is 4.87. The number of hydrogen-bond acceptors (Lipinski definition) is 3. The number of thiocarbonyl (C=S) groups is 1. The Labute approximate surface area is 63.5 Å². The smallest absolute Gasteiger partial charge is 0.235 e. The Kier molecular flexibility index (Phi) is 4.43. The Bertz CT molecular complexity index is 126. The first-order chi connectivity index (χ1) is 4.16. The molecule has 0 unspecified atom stereocenters. The molecule has 0 aromatic rings. The SMILES string of the molecule is CSC(=S)NNC(C)=O. The molecular weight excluding hydrogens is 156 g/mol. The van der Waals surface area contributed by atoms with Gasteiger partial charge in [0.05, 0.1) is 0 Å². The number of carbonyl (C=O) groups excluding carboxylic acids is 1. The monoisotopic (exact) mass is 164 g/mol. The van der Waals surface area contributed by atoms with Crippen LogP contribution < -0.4 is 10.9 Å². The molecule has 3 nitrogen and oxygen atoms in total. The summed E-state index contributed by atoms with van der Waals surface area (Å²) in [5, 5.41) is 0. The lowest BCUT2D eigenvalue weighted by atomic mass is 10.8. The molecule has 2 N–H and O–H groups in total. The number of rotatable bonds is 0. The van der Waals surface area contributed by atoms with E-state index in [1.807, 2.05) is 6.26 Å². The highest BCUT2D eigenvalue weighted by Crippen LogP contribution is 1.90. The van der Waals surface area contributed by atoms with Gasteiger partial charge in [-0.25, -0.2) is 0 Å². The molecule has 52 valence electrons. The van der Waals surface area contributed by atoms with Gasteiger partial charge in [0.2, 0.25) is 5.91 Å². The molecule has 0 fully saturated rings. The van der Waals surface area contributed by atoms with E-state index in [0.717, 1.165) is 0 Å². The predicted molar refractivity (Wildman–Crippen MR) is 43.1 cm³/mol. The van der Waals surface area contributed by atoms with Gasteiger partial charge in [-0.05, 0) is 6.26 Å². The van der Waals surface area contributed by atoms with Crippen molar-refractivity contribution >= 4 is 34.2 Å². The molecule has 0 saturated carbocycles. The fourth-order valence-electron chi connectivity index (χ4n) is 0.190. The molecule has 0 bridgehead atoms. The fraction of sp³-hybridized carbons (Fsp3) is 0.500. The van der Waals surface area contributed by atoms with Gasteiger partial charge >= 0.3 is 0 Å². The van der Waals surface area contributed by atoms with Gasteiger partial charge in [0.25, 0.3) is 0 Å². The van der Waals surface area contributed by atoms with E-state index in [9.17, 15) is 4.79 Å². The lowest BCUT2D eigenvalue weighted by Crippen LogP contribution is -2.37. The van der Waals surface area contributed by atoms with Crippen LogP contribution in [0.25, 0.3) is 0 Å². The summed E-state index contributed by atoms with van der Waals surface area (Å²) in [6, 6.07) is 0. The van der Waals surface area contributed by atoms with Gasteiger partial charge in [0.1, 0.15) is 0 Å². The molecule has 0 aliphatic carbocycles. The van der Waals surface area contributed by atoms with Crippen LogP contribution in [0.4, 0.5) is 0 Å². The molecule has 9 heavy (non-hydrogen) atoms. The molecule has 0 rings (SSSR count). The van der Waals surface area contributed by atoms with E-state index in [-0.39, 0.29) is 5.91 Å². The third kappa shape index (κ3) is 5.58. The Morgan fingerprint density at radius 1 is 1.56 bits per heavy atom. The second kappa shape index (κ2) is 4.58. The number of thioether (sulfide) groups is 1. The molecule has 0 aromatic heterocycles. The maximum absolute atomic E-state index is 10.2. The highest BCUT2D eigenvalue weighted by molar-refractivity contribution is 8.22. The lowest BCUT2D eigenvalue weighted by Gasteiger charge is -2.02. The van der Waals surface area contributed by atoms with Gasteiger partial charge in [0, 0.05) is 6.92 Å². The third-order valence-corrected chi connectivity index (χ3v) is 1.60. The second-order valence-electron chi connectivity index (χ2n) is 1.30. The lowest BCUT2D eigenvalue weighted by molar-refractivity contribution is -0.119. The predicted octanol–water partition coefficient (Wildman–Crippen LogP) is 0.275. The van der Waals surface area contributed by atoms with Crippen LogP contribution in [0, 0.1) is 0 Å². The maximum atomic E-state index is 10.2. The van der Waals surface area contributed by atoms with Crippen LogP contribution >= 0.6 is 24.0 Å².